The highest BCUT2D eigenvalue weighted by Crippen LogP contribution is 2.40. The molecule has 0 radical (unpaired) electrons. The molecule has 5 aromatic heterocycles. The van der Waals surface area contributed by atoms with Crippen molar-refractivity contribution >= 4 is 38.8 Å². The Morgan fingerprint density at radius 3 is 2.47 bits per heavy atom. The third kappa shape index (κ3) is 7.90. The molecule has 15 nitrogen and oxygen atoms in total. The van der Waals surface area contributed by atoms with Crippen LogP contribution >= 0.6 is 0 Å². The van der Waals surface area contributed by atoms with Gasteiger partial charge in [0.25, 0.3) is 5.56 Å². The minimum atomic E-state index is -1.84. The number of carbonyl (C=O) groups is 1. The third-order valence-electron chi connectivity index (χ3n) is 13.1. The fourth-order valence-corrected chi connectivity index (χ4v) is 9.60. The van der Waals surface area contributed by atoms with Crippen molar-refractivity contribution in [1.29, 1.82) is 0 Å². The van der Waals surface area contributed by atoms with E-state index in [9.17, 15) is 24.6 Å². The van der Waals surface area contributed by atoms with Gasteiger partial charge in [0.1, 0.15) is 18.2 Å². The van der Waals surface area contributed by atoms with Crippen LogP contribution in [0.15, 0.2) is 70.5 Å². The van der Waals surface area contributed by atoms with Crippen LogP contribution < -0.4 is 16.0 Å². The summed E-state index contributed by atoms with van der Waals surface area (Å²) in [5.74, 6) is -0.375. The van der Waals surface area contributed by atoms with E-state index in [1.54, 1.807) is 70.4 Å². The quantitative estimate of drug-likeness (QED) is 0.109. The molecule has 0 aliphatic carbocycles. The number of cyclic esters (lactones) is 1. The second-order valence-electron chi connectivity index (χ2n) is 18.1. The second-order valence-corrected chi connectivity index (χ2v) is 18.1. The first-order chi connectivity index (χ1) is 31.7. The summed E-state index contributed by atoms with van der Waals surface area (Å²) in [6.07, 6.45) is 8.25. The number of fused-ring (bicyclic) bond motifs is 8. The van der Waals surface area contributed by atoms with Gasteiger partial charge in [-0.3, -0.25) is 18.9 Å². The molecule has 3 aliphatic rings. The highest BCUT2D eigenvalue weighted by molar-refractivity contribution is 6.04. The number of phenolic OH excluding ortho intramolecular Hbond substituents is 1. The number of ether oxygens (including phenoxy) is 2. The van der Waals surface area contributed by atoms with Gasteiger partial charge in [-0.05, 0) is 103 Å². The molecular formula is C50H55FN8O7. The number of piperidine rings is 1. The Hall–Kier alpha value is -6.49. The summed E-state index contributed by atoms with van der Waals surface area (Å²) < 4.78 is 31.0. The van der Waals surface area contributed by atoms with Crippen LogP contribution in [-0.2, 0) is 41.9 Å². The van der Waals surface area contributed by atoms with Gasteiger partial charge < -0.3 is 34.1 Å². The maximum Gasteiger partial charge on any atom is 0.343 e. The number of hydrogen-bond donors (Lipinski definition) is 2. The number of phenols is 1. The fourth-order valence-electron chi connectivity index (χ4n) is 9.60. The Bertz CT molecular complexity index is 3150. The maximum absolute atomic E-state index is 15.1. The van der Waals surface area contributed by atoms with E-state index in [1.165, 1.54) is 38.4 Å². The average molecular weight is 899 g/mol. The molecule has 1 fully saturated rings. The smallest absolute Gasteiger partial charge is 0.343 e. The number of halogens is 1. The molecule has 1 saturated heterocycles. The molecule has 3 aliphatic heterocycles. The highest BCUT2D eigenvalue weighted by Gasteiger charge is 2.45. The number of esters is 1. The lowest BCUT2D eigenvalue weighted by atomic mass is 9.86. The number of imidazole rings is 1. The van der Waals surface area contributed by atoms with Gasteiger partial charge in [-0.25, -0.2) is 23.9 Å². The summed E-state index contributed by atoms with van der Waals surface area (Å²) in [7, 11) is 5.59. The van der Waals surface area contributed by atoms with E-state index in [-0.39, 0.29) is 41.9 Å². The average Bonchev–Trinajstić information content (AvgIpc) is 3.80. The first-order valence-electron chi connectivity index (χ1n) is 22.7. The summed E-state index contributed by atoms with van der Waals surface area (Å²) in [6.45, 7) is 10.4. The van der Waals surface area contributed by atoms with E-state index in [4.69, 9.17) is 14.5 Å². The molecule has 344 valence electrons. The van der Waals surface area contributed by atoms with Gasteiger partial charge in [0.05, 0.1) is 58.4 Å². The van der Waals surface area contributed by atoms with E-state index in [1.807, 2.05) is 45.0 Å². The lowest BCUT2D eigenvalue weighted by molar-refractivity contribution is -0.172. The molecular weight excluding hydrogens is 844 g/mol. The van der Waals surface area contributed by atoms with Gasteiger partial charge >= 0.3 is 11.7 Å². The van der Waals surface area contributed by atoms with Crippen LogP contribution in [-0.4, -0.2) is 95.0 Å². The summed E-state index contributed by atoms with van der Waals surface area (Å²) in [6, 6.07) is 13.8. The number of nitrogens with zero attached hydrogens (tertiary/aromatic N) is 8. The van der Waals surface area contributed by atoms with Gasteiger partial charge in [0.15, 0.2) is 5.60 Å². The predicted molar refractivity (Wildman–Crippen MR) is 250 cm³/mol. The molecule has 0 spiro atoms. The number of aromatic hydroxyl groups is 1. The zero-order valence-corrected chi connectivity index (χ0v) is 38.2. The number of carbonyl (C=O) groups excluding carboxylic acids is 1. The number of benzene rings is 2. The largest absolute Gasteiger partial charge is 0.508 e. The lowest BCUT2D eigenvalue weighted by Crippen LogP contribution is -2.44. The van der Waals surface area contributed by atoms with Crippen molar-refractivity contribution in [1.82, 2.24) is 38.5 Å². The van der Waals surface area contributed by atoms with Crippen molar-refractivity contribution < 1.29 is 28.9 Å². The maximum atomic E-state index is 15.1. The van der Waals surface area contributed by atoms with Crippen molar-refractivity contribution in [2.24, 2.45) is 7.05 Å². The minimum absolute atomic E-state index is 0.0432. The Balaban J connectivity index is 0.000000167. The molecule has 8 heterocycles. The molecule has 2 aromatic carbocycles. The monoisotopic (exact) mass is 898 g/mol. The van der Waals surface area contributed by atoms with E-state index in [0.717, 1.165) is 45.9 Å². The Labute approximate surface area is 380 Å². The van der Waals surface area contributed by atoms with Crippen LogP contribution in [0.5, 0.6) is 11.6 Å². The second kappa shape index (κ2) is 17.7. The van der Waals surface area contributed by atoms with Gasteiger partial charge in [0.2, 0.25) is 5.88 Å². The van der Waals surface area contributed by atoms with Gasteiger partial charge in [-0.1, -0.05) is 13.3 Å². The van der Waals surface area contributed by atoms with Crippen molar-refractivity contribution in [3.63, 3.8) is 0 Å². The van der Waals surface area contributed by atoms with Gasteiger partial charge in [-0.2, -0.15) is 0 Å². The Kier molecular flexibility index (Phi) is 12.0. The number of likely N-dealkylation sites (tertiary alicyclic amines) is 1. The SMILES string of the molecule is CC(C)n1c(=O)n(C)c2cnc3cc(F)c(-c4ccc(OCCCN5CCCCC5)nc4)cc3c21.CC[C@@]1(O)C(=O)OCc2c1cc1n(c2=O)Cc2cc3c(CN(C)C)c(O)ccc3nc2-1. The first kappa shape index (κ1) is 44.7. The van der Waals surface area contributed by atoms with Gasteiger partial charge in [0, 0.05) is 83.1 Å². The van der Waals surface area contributed by atoms with Gasteiger partial charge in [-0.15, -0.1) is 0 Å². The molecule has 7 aromatic rings. The Morgan fingerprint density at radius 2 is 1.76 bits per heavy atom. The third-order valence-corrected chi connectivity index (χ3v) is 13.1. The van der Waals surface area contributed by atoms with Crippen LogP contribution in [0, 0.1) is 5.82 Å². The van der Waals surface area contributed by atoms with E-state index >= 15 is 4.39 Å². The lowest BCUT2D eigenvalue weighted by Gasteiger charge is -2.31. The van der Waals surface area contributed by atoms with Crippen molar-refractivity contribution in [2.75, 3.05) is 40.3 Å². The molecule has 10 rings (SSSR count). The number of rotatable bonds is 10. The normalized spacial score (nSPS) is 17.0. The van der Waals surface area contributed by atoms with E-state index in [2.05, 4.69) is 14.9 Å². The van der Waals surface area contributed by atoms with Crippen LogP contribution in [0.4, 0.5) is 4.39 Å². The molecule has 0 unspecified atom stereocenters. The fraction of sp³-hybridized carbons (Fsp3) is 0.400. The molecule has 2 N–H and O–H groups in total. The van der Waals surface area contributed by atoms with Crippen LogP contribution in [0.2, 0.25) is 0 Å². The zero-order valence-electron chi connectivity index (χ0n) is 38.2. The standard InChI is InChI=1S/C27H32FN5O2.C23H23N3O5/c1-18(2)33-26-21-14-20(22(28)15-23(21)29-17-24(26)31(3)27(33)34)19-8-9-25(30-16-19)35-13-7-12-32-10-5-4-6-11-32;1-4-23(30)16-8-18-20-12(9-26(18)21(28)15(16)11-31-22(23)29)7-13-14(10-25(2)3)19(27)6-5-17(13)24-20/h8-9,14-18H,4-7,10-13H2,1-3H3;5-8,27,30H,4,9-11H2,1-3H3/t;23-/m.0/s1. The molecule has 0 amide bonds. The minimum Gasteiger partial charge on any atom is -0.508 e. The topological polar surface area (TPSA) is 170 Å². The van der Waals surface area contributed by atoms with E-state index in [0.29, 0.717) is 70.3 Å². The molecule has 16 heteroatoms. The van der Waals surface area contributed by atoms with Crippen molar-refractivity contribution in [2.45, 2.75) is 84.2 Å². The number of hydrogen-bond acceptors (Lipinski definition) is 12. The molecule has 66 heavy (non-hydrogen) atoms. The van der Waals surface area contributed by atoms with Crippen molar-refractivity contribution in [3.05, 3.63) is 110 Å². The number of aromatic nitrogens is 6. The Morgan fingerprint density at radius 1 is 0.970 bits per heavy atom. The summed E-state index contributed by atoms with van der Waals surface area (Å²) >= 11 is 0. The molecule has 1 atom stereocenters. The number of pyridine rings is 4. The summed E-state index contributed by atoms with van der Waals surface area (Å²) in [5, 5.41) is 22.9. The van der Waals surface area contributed by atoms with Crippen molar-refractivity contribution in [3.8, 4) is 34.1 Å². The van der Waals surface area contributed by atoms with E-state index < -0.39 is 11.6 Å². The predicted octanol–water partition coefficient (Wildman–Crippen LogP) is 6.77. The number of aryl methyl sites for hydroxylation is 1. The summed E-state index contributed by atoms with van der Waals surface area (Å²) in [5.41, 5.74) is 4.99. The molecule has 0 bridgehead atoms. The zero-order chi connectivity index (χ0) is 46.6. The molecule has 0 saturated carbocycles. The highest BCUT2D eigenvalue weighted by atomic mass is 19.1. The van der Waals surface area contributed by atoms with Crippen LogP contribution in [0.1, 0.15) is 81.2 Å². The first-order valence-corrected chi connectivity index (χ1v) is 22.7. The van der Waals surface area contributed by atoms with Crippen LogP contribution in [0.25, 0.3) is 55.4 Å². The summed E-state index contributed by atoms with van der Waals surface area (Å²) in [4.78, 5) is 56.4. The number of aliphatic hydroxyl groups is 1. The van der Waals surface area contributed by atoms with Crippen LogP contribution in [0.3, 0.4) is 0 Å².